The van der Waals surface area contributed by atoms with Crippen molar-refractivity contribution in [2.45, 2.75) is 13.8 Å². The maximum Gasteiger partial charge on any atom is 0.337 e. The number of aromatic carboxylic acids is 1. The number of hydrogen-bond donors (Lipinski definition) is 1. The zero-order valence-electron chi connectivity index (χ0n) is 11.5. The molecule has 2 aromatic rings. The van der Waals surface area contributed by atoms with Crippen molar-refractivity contribution in [1.82, 2.24) is 4.57 Å². The average molecular weight is 273 g/mol. The molecule has 0 aliphatic rings. The summed E-state index contributed by atoms with van der Waals surface area (Å²) in [4.78, 5) is 23.0. The van der Waals surface area contributed by atoms with Gasteiger partial charge in [-0.25, -0.2) is 9.59 Å². The first kappa shape index (κ1) is 13.9. The third-order valence-electron chi connectivity index (χ3n) is 3.16. The molecule has 1 heterocycles. The maximum atomic E-state index is 11.6. The molecule has 0 unspecified atom stereocenters. The van der Waals surface area contributed by atoms with Crippen LogP contribution < -0.4 is 0 Å². The molecule has 0 spiro atoms. The van der Waals surface area contributed by atoms with Gasteiger partial charge in [0.1, 0.15) is 0 Å². The Morgan fingerprint density at radius 1 is 1.10 bits per heavy atom. The van der Waals surface area contributed by atoms with Crippen LogP contribution in [0.15, 0.2) is 30.3 Å². The van der Waals surface area contributed by atoms with Crippen LogP contribution in [-0.4, -0.2) is 28.7 Å². The lowest BCUT2D eigenvalue weighted by Gasteiger charge is -2.13. The smallest absolute Gasteiger partial charge is 0.337 e. The molecule has 0 aliphatic heterocycles. The van der Waals surface area contributed by atoms with Crippen LogP contribution in [0.4, 0.5) is 0 Å². The number of carboxylic acid groups (broad SMARTS) is 1. The highest BCUT2D eigenvalue weighted by atomic mass is 16.5. The third-order valence-corrected chi connectivity index (χ3v) is 3.16. The lowest BCUT2D eigenvalue weighted by Crippen LogP contribution is -2.10. The predicted molar refractivity (Wildman–Crippen MR) is 73.5 cm³/mol. The lowest BCUT2D eigenvalue weighted by molar-refractivity contribution is 0.0598. The minimum atomic E-state index is -1.04. The number of rotatable bonds is 3. The van der Waals surface area contributed by atoms with Gasteiger partial charge in [0.15, 0.2) is 0 Å². The van der Waals surface area contributed by atoms with Crippen LogP contribution in [-0.2, 0) is 4.74 Å². The lowest BCUT2D eigenvalue weighted by atomic mass is 10.1. The number of carbonyl (C=O) groups is 2. The quantitative estimate of drug-likeness (QED) is 0.873. The van der Waals surface area contributed by atoms with Gasteiger partial charge in [-0.2, -0.15) is 0 Å². The number of esters is 1. The normalized spacial score (nSPS) is 10.3. The number of aromatic nitrogens is 1. The van der Waals surface area contributed by atoms with E-state index in [9.17, 15) is 14.7 Å². The molecule has 5 nitrogen and oxygen atoms in total. The Kier molecular flexibility index (Phi) is 3.61. The van der Waals surface area contributed by atoms with Crippen LogP contribution in [0.1, 0.15) is 32.1 Å². The monoisotopic (exact) mass is 273 g/mol. The summed E-state index contributed by atoms with van der Waals surface area (Å²) in [5.41, 5.74) is 2.71. The van der Waals surface area contributed by atoms with Crippen LogP contribution >= 0.6 is 0 Å². The van der Waals surface area contributed by atoms with Crippen molar-refractivity contribution in [3.8, 4) is 5.69 Å². The van der Waals surface area contributed by atoms with E-state index in [4.69, 9.17) is 0 Å². The molecule has 2 rings (SSSR count). The highest BCUT2D eigenvalue weighted by Crippen LogP contribution is 2.22. The summed E-state index contributed by atoms with van der Waals surface area (Å²) in [6.07, 6.45) is 0. The highest BCUT2D eigenvalue weighted by Gasteiger charge is 2.17. The number of hydrogen-bond acceptors (Lipinski definition) is 3. The summed E-state index contributed by atoms with van der Waals surface area (Å²) in [6, 6.07) is 8.20. The molecule has 0 atom stereocenters. The van der Waals surface area contributed by atoms with Crippen LogP contribution in [0.25, 0.3) is 5.69 Å². The molecule has 1 N–H and O–H groups in total. The Labute approximate surface area is 116 Å². The Balaban J connectivity index is 2.71. The molecule has 0 bridgehead atoms. The maximum absolute atomic E-state index is 11.6. The largest absolute Gasteiger partial charge is 0.478 e. The molecular weight excluding hydrogens is 258 g/mol. The van der Waals surface area contributed by atoms with E-state index < -0.39 is 11.9 Å². The first-order valence-electron chi connectivity index (χ1n) is 6.06. The molecule has 5 heteroatoms. The predicted octanol–water partition coefficient (Wildman–Crippen LogP) is 2.58. The minimum Gasteiger partial charge on any atom is -0.478 e. The van der Waals surface area contributed by atoms with E-state index in [1.54, 1.807) is 4.57 Å². The topological polar surface area (TPSA) is 68.5 Å². The standard InChI is InChI=1S/C15H15NO4/c1-9-4-5-10(2)16(9)13-8-11(15(19)20-3)6-7-12(13)14(17)18/h4-8H,1-3H3,(H,17,18). The van der Waals surface area contributed by atoms with Crippen LogP contribution in [0, 0.1) is 13.8 Å². The number of methoxy groups -OCH3 is 1. The molecule has 20 heavy (non-hydrogen) atoms. The van der Waals surface area contributed by atoms with Crippen molar-refractivity contribution in [3.63, 3.8) is 0 Å². The summed E-state index contributed by atoms with van der Waals surface area (Å²) < 4.78 is 6.48. The van der Waals surface area contributed by atoms with Crippen molar-refractivity contribution in [2.24, 2.45) is 0 Å². The van der Waals surface area contributed by atoms with E-state index in [0.29, 0.717) is 11.3 Å². The number of carbonyl (C=O) groups excluding carboxylic acids is 1. The molecule has 104 valence electrons. The Morgan fingerprint density at radius 3 is 2.20 bits per heavy atom. The molecule has 1 aromatic heterocycles. The average Bonchev–Trinajstić information content (AvgIpc) is 2.76. The van der Waals surface area contributed by atoms with Gasteiger partial charge in [-0.15, -0.1) is 0 Å². The van der Waals surface area contributed by atoms with Gasteiger partial charge in [0.25, 0.3) is 0 Å². The van der Waals surface area contributed by atoms with Gasteiger partial charge in [0.2, 0.25) is 0 Å². The van der Waals surface area contributed by atoms with Gasteiger partial charge >= 0.3 is 11.9 Å². The van der Waals surface area contributed by atoms with Crippen LogP contribution in [0.2, 0.25) is 0 Å². The number of aryl methyl sites for hydroxylation is 2. The third kappa shape index (κ3) is 2.30. The zero-order chi connectivity index (χ0) is 14.9. The second-order valence-electron chi connectivity index (χ2n) is 4.48. The first-order valence-corrected chi connectivity index (χ1v) is 6.06. The van der Waals surface area contributed by atoms with Crippen LogP contribution in [0.5, 0.6) is 0 Å². The summed E-state index contributed by atoms with van der Waals surface area (Å²) in [5.74, 6) is -1.53. The molecule has 0 aliphatic carbocycles. The second kappa shape index (κ2) is 5.21. The molecule has 0 saturated heterocycles. The fourth-order valence-corrected chi connectivity index (χ4v) is 2.19. The first-order chi connectivity index (χ1) is 9.45. The van der Waals surface area contributed by atoms with E-state index >= 15 is 0 Å². The molecule has 0 fully saturated rings. The second-order valence-corrected chi connectivity index (χ2v) is 4.48. The van der Waals surface area contributed by atoms with Crippen molar-refractivity contribution < 1.29 is 19.4 Å². The minimum absolute atomic E-state index is 0.139. The summed E-state index contributed by atoms with van der Waals surface area (Å²) in [5, 5.41) is 9.30. The van der Waals surface area contributed by atoms with E-state index in [2.05, 4.69) is 4.74 Å². The molecule has 1 aromatic carbocycles. The van der Waals surface area contributed by atoms with Gasteiger partial charge < -0.3 is 14.4 Å². The van der Waals surface area contributed by atoms with Gasteiger partial charge in [0, 0.05) is 11.4 Å². The summed E-state index contributed by atoms with van der Waals surface area (Å²) in [6.45, 7) is 3.76. The van der Waals surface area contributed by atoms with Crippen molar-refractivity contribution in [3.05, 3.63) is 52.8 Å². The molecule has 0 amide bonds. The Bertz CT molecular complexity index is 666. The zero-order valence-corrected chi connectivity index (χ0v) is 11.5. The number of nitrogens with zero attached hydrogens (tertiary/aromatic N) is 1. The van der Waals surface area contributed by atoms with E-state index in [1.807, 2.05) is 26.0 Å². The molecule has 0 saturated carbocycles. The van der Waals surface area contributed by atoms with Crippen molar-refractivity contribution >= 4 is 11.9 Å². The molecule has 0 radical (unpaired) electrons. The molecular formula is C15H15NO4. The summed E-state index contributed by atoms with van der Waals surface area (Å²) in [7, 11) is 1.29. The van der Waals surface area contributed by atoms with Crippen molar-refractivity contribution in [2.75, 3.05) is 7.11 Å². The van der Waals surface area contributed by atoms with Gasteiger partial charge in [-0.05, 0) is 44.2 Å². The Hall–Kier alpha value is -2.56. The van der Waals surface area contributed by atoms with E-state index in [-0.39, 0.29) is 5.56 Å². The van der Waals surface area contributed by atoms with E-state index in [1.165, 1.54) is 25.3 Å². The Morgan fingerprint density at radius 2 is 1.70 bits per heavy atom. The van der Waals surface area contributed by atoms with Crippen molar-refractivity contribution in [1.29, 1.82) is 0 Å². The highest BCUT2D eigenvalue weighted by molar-refractivity contribution is 5.96. The van der Waals surface area contributed by atoms with Gasteiger partial charge in [-0.3, -0.25) is 0 Å². The van der Waals surface area contributed by atoms with Gasteiger partial charge in [0.05, 0.1) is 23.9 Å². The SMILES string of the molecule is COC(=O)c1ccc(C(=O)O)c(-n2c(C)ccc2C)c1. The number of ether oxygens (including phenoxy) is 1. The van der Waals surface area contributed by atoms with E-state index in [0.717, 1.165) is 11.4 Å². The fourth-order valence-electron chi connectivity index (χ4n) is 2.19. The van der Waals surface area contributed by atoms with Gasteiger partial charge in [-0.1, -0.05) is 0 Å². The van der Waals surface area contributed by atoms with Crippen LogP contribution in [0.3, 0.4) is 0 Å². The summed E-state index contributed by atoms with van der Waals surface area (Å²) >= 11 is 0. The number of benzene rings is 1. The fraction of sp³-hybridized carbons (Fsp3) is 0.200. The number of carboxylic acids is 1.